The molecule has 10 heterocycles. The number of aliphatic hydroxyl groups is 4. The fourth-order valence-electron chi connectivity index (χ4n) is 35.2. The van der Waals surface area contributed by atoms with Crippen molar-refractivity contribution in [3.8, 4) is 45.0 Å². The van der Waals surface area contributed by atoms with Gasteiger partial charge in [-0.2, -0.15) is 0 Å². The van der Waals surface area contributed by atoms with Gasteiger partial charge in [-0.05, 0) is 343 Å². The maximum atomic E-state index is 15.0. The molecule has 18 aliphatic carbocycles. The molecule has 4 amide bonds. The molecule has 4 aromatic carbocycles. The van der Waals surface area contributed by atoms with Gasteiger partial charge in [0.15, 0.2) is 0 Å². The lowest BCUT2D eigenvalue weighted by molar-refractivity contribution is -0.146. The van der Waals surface area contributed by atoms with Crippen molar-refractivity contribution in [3.05, 3.63) is 229 Å². The summed E-state index contributed by atoms with van der Waals surface area (Å²) in [5, 5.41) is 61.0. The number of fused-ring (bicyclic) bond motifs is 12. The third kappa shape index (κ3) is 16.9. The van der Waals surface area contributed by atoms with E-state index in [2.05, 4.69) is 109 Å². The fourth-order valence-corrected chi connectivity index (χ4v) is 35.2. The van der Waals surface area contributed by atoms with Gasteiger partial charge in [-0.25, -0.2) is 28.7 Å². The Kier molecular flexibility index (Phi) is 24.5. The van der Waals surface area contributed by atoms with Crippen LogP contribution in [0.25, 0.3) is 45.0 Å². The van der Waals surface area contributed by atoms with Crippen LogP contribution in [-0.2, 0) is 32.0 Å². The highest BCUT2D eigenvalue weighted by atomic mass is 19.1. The Morgan fingerprint density at radius 2 is 0.599 bits per heavy atom. The van der Waals surface area contributed by atoms with Crippen LogP contribution in [0.3, 0.4) is 0 Å². The standard InChI is InChI=1S/C30H38FN3O2.C30H39N3O2.C29H31FN4O2.C29H32N4O2/c31-23-8-4-7-22-25-16-32-17-34(25)24(28(22)23)12-26(35)30-13-19-9-20(14-30)29(21(10-19)15-30)33-27(36)11-18-5-2-1-3-6-18;34-27(13-25-23-8-4-5-9-24(23)26-17-31-18-33(25)26)30-14-20-10-21(15-30)29(22(11-20)16-30)32-28(35)12-19-6-2-1-3-7-19;30-22-3-1-2-21-24-15-32-16-34(24)23(27(21)22)11-25(35)29-12-18-8-19(13-29)28(20(9-18)14-29)33-26(36)10-17-4-6-31-7-5-17;34-26(12-24-22-3-1-2-4-23(22)25-16-31-17-33(24)25)29-13-19-9-20(14-29)28(21(10-19)15-29)32-27(35)11-18-5-7-30-8-6-18/h4,7-8,16-21,24,26,29,35H,1-3,5-6,9-15H2,(H,33,36);4-5,8-9,17-22,25,27,29,34H,1-3,6-7,10-16H2,(H,32,35);1-7,15-16,18-20,23,25,28,35H,8-14H2,(H,33,36);1-8,16-17,19-21,24,26,28,34H,9-15H2,(H,32,35). The average Bonchev–Trinajstić information content (AvgIpc) is 0.803. The predicted octanol–water partition coefficient (Wildman–Crippen LogP) is 19.6. The van der Waals surface area contributed by atoms with Gasteiger partial charge in [0.2, 0.25) is 23.6 Å². The molecule has 16 atom stereocenters. The Labute approximate surface area is 831 Å². The minimum atomic E-state index is -0.523. The molecular formula is C118H140F2N14O8. The zero-order valence-electron chi connectivity index (χ0n) is 81.9. The molecule has 142 heavy (non-hydrogen) atoms. The van der Waals surface area contributed by atoms with E-state index in [0.717, 1.165) is 148 Å². The fraction of sp³-hybridized carbons (Fsp3) is 0.576. The lowest BCUT2D eigenvalue weighted by Gasteiger charge is -2.61. The lowest BCUT2D eigenvalue weighted by Crippen LogP contribution is -2.62. The smallest absolute Gasteiger partial charge is 0.224 e. The Balaban J connectivity index is 0.0000000995. The molecule has 744 valence electrons. The first-order valence-electron chi connectivity index (χ1n) is 54.7. The number of pyridine rings is 2. The van der Waals surface area contributed by atoms with Crippen LogP contribution in [0.4, 0.5) is 8.78 Å². The van der Waals surface area contributed by atoms with E-state index in [1.807, 2.05) is 70.6 Å². The lowest BCUT2D eigenvalue weighted by atomic mass is 9.46. The number of nitrogens with zero attached hydrogens (tertiary/aromatic N) is 10. The van der Waals surface area contributed by atoms with E-state index in [9.17, 15) is 48.4 Å². The third-order valence-electron chi connectivity index (χ3n) is 40.4. The van der Waals surface area contributed by atoms with Gasteiger partial charge in [0.25, 0.3) is 0 Å². The molecule has 6 aromatic heterocycles. The molecule has 18 fully saturated rings. The number of hydrogen-bond acceptors (Lipinski definition) is 14. The molecule has 4 aliphatic heterocycles. The minimum Gasteiger partial charge on any atom is -0.392 e. The third-order valence-corrected chi connectivity index (χ3v) is 40.4. The van der Waals surface area contributed by atoms with Gasteiger partial charge in [-0.3, -0.25) is 29.1 Å². The van der Waals surface area contributed by atoms with Crippen LogP contribution in [0.5, 0.6) is 0 Å². The molecule has 0 radical (unpaired) electrons. The van der Waals surface area contributed by atoms with Gasteiger partial charge in [0.1, 0.15) is 11.6 Å². The number of amides is 4. The Hall–Kier alpha value is -10.4. The molecule has 32 rings (SSSR count). The highest BCUT2D eigenvalue weighted by molar-refractivity contribution is 5.80. The molecule has 22 aliphatic rings. The first-order valence-corrected chi connectivity index (χ1v) is 54.7. The topological polar surface area (TPSA) is 294 Å². The normalized spacial score (nSPS) is 34.1. The van der Waals surface area contributed by atoms with Crippen molar-refractivity contribution in [2.45, 2.75) is 317 Å². The van der Waals surface area contributed by atoms with Crippen molar-refractivity contribution in [1.82, 2.24) is 69.4 Å². The van der Waals surface area contributed by atoms with E-state index in [4.69, 9.17) is 0 Å². The molecule has 24 heteroatoms. The molecule has 10 aromatic rings. The Morgan fingerprint density at radius 3 is 0.915 bits per heavy atom. The van der Waals surface area contributed by atoms with E-state index >= 15 is 0 Å². The Bertz CT molecular complexity index is 6260. The first kappa shape index (κ1) is 92.7. The first-order chi connectivity index (χ1) is 69.2. The number of nitrogens with one attached hydrogen (secondary N) is 4. The molecule has 8 N–H and O–H groups in total. The summed E-state index contributed by atoms with van der Waals surface area (Å²) in [6.45, 7) is 0. The Morgan fingerprint density at radius 1 is 0.324 bits per heavy atom. The summed E-state index contributed by atoms with van der Waals surface area (Å²) in [6.07, 6.45) is 59.2. The van der Waals surface area contributed by atoms with Crippen LogP contribution in [0.2, 0.25) is 0 Å². The number of aromatic nitrogens is 10. The van der Waals surface area contributed by atoms with Crippen LogP contribution >= 0.6 is 0 Å². The van der Waals surface area contributed by atoms with Crippen molar-refractivity contribution in [1.29, 1.82) is 0 Å². The maximum absolute atomic E-state index is 15.0. The van der Waals surface area contributed by atoms with Gasteiger partial charge < -0.3 is 60.0 Å². The number of imidazole rings is 4. The van der Waals surface area contributed by atoms with Gasteiger partial charge in [0, 0.05) is 95.2 Å². The van der Waals surface area contributed by atoms with Crippen molar-refractivity contribution in [2.75, 3.05) is 0 Å². The quantitative estimate of drug-likeness (QED) is 0.0279. The second-order valence-corrected chi connectivity index (χ2v) is 48.6. The number of halogens is 2. The zero-order valence-corrected chi connectivity index (χ0v) is 81.9. The number of carbonyl (C=O) groups excluding carboxylic acids is 4. The molecule has 16 unspecified atom stereocenters. The monoisotopic (exact) mass is 1920 g/mol. The molecule has 0 spiro atoms. The average molecular weight is 1920 g/mol. The maximum Gasteiger partial charge on any atom is 0.224 e. The zero-order chi connectivity index (χ0) is 96.0. The van der Waals surface area contributed by atoms with Crippen LogP contribution in [0, 0.1) is 116 Å². The number of rotatable bonds is 24. The van der Waals surface area contributed by atoms with Crippen molar-refractivity contribution < 1.29 is 48.4 Å². The van der Waals surface area contributed by atoms with E-state index in [-0.39, 0.29) is 106 Å². The van der Waals surface area contributed by atoms with Gasteiger partial charge in [-0.1, -0.05) is 111 Å². The van der Waals surface area contributed by atoms with Crippen LogP contribution in [-0.4, -0.2) is 141 Å². The van der Waals surface area contributed by atoms with Gasteiger partial charge in [0.05, 0.1) is 134 Å². The van der Waals surface area contributed by atoms with Gasteiger partial charge >= 0.3 is 0 Å². The van der Waals surface area contributed by atoms with Crippen molar-refractivity contribution in [2.24, 2.45) is 105 Å². The van der Waals surface area contributed by atoms with Gasteiger partial charge in [-0.15, -0.1) is 0 Å². The van der Waals surface area contributed by atoms with E-state index in [0.29, 0.717) is 138 Å². The molecule has 22 nitrogen and oxygen atoms in total. The summed E-state index contributed by atoms with van der Waals surface area (Å²) in [5.41, 5.74) is 14.2. The van der Waals surface area contributed by atoms with Crippen molar-refractivity contribution in [3.63, 3.8) is 0 Å². The van der Waals surface area contributed by atoms with Crippen LogP contribution < -0.4 is 21.3 Å². The summed E-state index contributed by atoms with van der Waals surface area (Å²) >= 11 is 0. The number of carbonyl (C=O) groups is 4. The second-order valence-electron chi connectivity index (χ2n) is 48.6. The highest BCUT2D eigenvalue weighted by Crippen LogP contribution is 2.68. The summed E-state index contributed by atoms with van der Waals surface area (Å²) in [4.78, 5) is 77.2. The summed E-state index contributed by atoms with van der Waals surface area (Å²) in [7, 11) is 0. The summed E-state index contributed by atoms with van der Waals surface area (Å²) in [6, 6.07) is 36.1. The number of aliphatic hydroxyl groups excluding tert-OH is 4. The van der Waals surface area contributed by atoms with E-state index < -0.39 is 12.2 Å². The predicted molar refractivity (Wildman–Crippen MR) is 536 cm³/mol. The second kappa shape index (κ2) is 37.6. The minimum absolute atomic E-state index is 0.0133. The molecule has 18 saturated carbocycles. The largest absolute Gasteiger partial charge is 0.392 e. The number of benzene rings is 4. The van der Waals surface area contributed by atoms with Crippen LogP contribution in [0.15, 0.2) is 184 Å². The van der Waals surface area contributed by atoms with E-state index in [1.165, 1.54) is 143 Å². The molecule has 16 bridgehead atoms. The highest BCUT2D eigenvalue weighted by Gasteiger charge is 2.64. The summed E-state index contributed by atoms with van der Waals surface area (Å²) < 4.78 is 38.5. The SMILES string of the molecule is O=C(CC1CCCCC1)NC1C2CC3CC1CC(C(O)CC1c4c(F)cccc4-c4cncn41)(C3)C2.O=C(CC1CCCCC1)NC1C2CC3CC1CC(C(O)CC1c4ccccc4-c4cncn41)(C3)C2.O=C(Cc1ccncc1)NC1C2CC3CC1CC(C(O)CC1c4c(F)cccc4-c4cncn41)(C3)C2.O=C(Cc1ccncc1)NC1C2CC3CC1CC(C(O)CC1c4ccccc4-c4cncn41)(C3)C2. The van der Waals surface area contributed by atoms with Crippen LogP contribution in [0.1, 0.15) is 289 Å². The van der Waals surface area contributed by atoms with E-state index in [1.54, 1.807) is 62.0 Å². The van der Waals surface area contributed by atoms with Crippen molar-refractivity contribution >= 4 is 23.6 Å². The number of hydrogen-bond donors (Lipinski definition) is 8. The summed E-state index contributed by atoms with van der Waals surface area (Å²) in [5.74, 6) is 7.80. The molecular weight excluding hydrogens is 1780 g/mol. The molecule has 0 saturated heterocycles.